The third-order valence-corrected chi connectivity index (χ3v) is 3.40. The molecule has 3 nitrogen and oxygen atoms in total. The van der Waals surface area contributed by atoms with Crippen LogP contribution in [0.3, 0.4) is 0 Å². The molecule has 0 spiro atoms. The number of nitrogens with one attached hydrogen (secondary N) is 1. The predicted molar refractivity (Wildman–Crippen MR) is 81.3 cm³/mol. The number of nitrogens with zero attached hydrogens (tertiary/aromatic N) is 1. The minimum Gasteiger partial charge on any atom is -0.383 e. The van der Waals surface area contributed by atoms with Gasteiger partial charge in [0.15, 0.2) is 0 Å². The van der Waals surface area contributed by atoms with E-state index in [2.05, 4.69) is 65.2 Å². The van der Waals surface area contributed by atoms with Crippen molar-refractivity contribution in [3.63, 3.8) is 0 Å². The topological polar surface area (TPSA) is 24.5 Å². The Kier molecular flexibility index (Phi) is 6.68. The molecule has 1 aromatic rings. The van der Waals surface area contributed by atoms with Gasteiger partial charge in [0, 0.05) is 37.8 Å². The van der Waals surface area contributed by atoms with Crippen molar-refractivity contribution in [2.45, 2.75) is 26.4 Å². The zero-order chi connectivity index (χ0) is 13.5. The Morgan fingerprint density at radius 1 is 1.39 bits per heavy atom. The van der Waals surface area contributed by atoms with Gasteiger partial charge in [-0.3, -0.25) is 0 Å². The van der Waals surface area contributed by atoms with Gasteiger partial charge in [0.2, 0.25) is 0 Å². The fraction of sp³-hybridized carbons (Fsp3) is 0.571. The maximum absolute atomic E-state index is 5.10. The molecular weight excluding hydrogens is 292 g/mol. The van der Waals surface area contributed by atoms with Gasteiger partial charge in [-0.25, -0.2) is 0 Å². The van der Waals surface area contributed by atoms with Crippen LogP contribution < -0.4 is 10.2 Å². The lowest BCUT2D eigenvalue weighted by atomic mass is 10.2. The Bertz CT molecular complexity index is 369. The molecule has 0 radical (unpaired) electrons. The van der Waals surface area contributed by atoms with Crippen molar-refractivity contribution in [3.8, 4) is 0 Å². The van der Waals surface area contributed by atoms with Gasteiger partial charge in [-0.2, -0.15) is 0 Å². The van der Waals surface area contributed by atoms with Crippen LogP contribution in [0.1, 0.15) is 19.4 Å². The second-order valence-electron chi connectivity index (χ2n) is 4.74. The molecule has 0 aliphatic heterocycles. The monoisotopic (exact) mass is 314 g/mol. The molecule has 0 unspecified atom stereocenters. The van der Waals surface area contributed by atoms with Crippen molar-refractivity contribution in [2.75, 3.05) is 32.2 Å². The fourth-order valence-corrected chi connectivity index (χ4v) is 2.37. The lowest BCUT2D eigenvalue weighted by Gasteiger charge is -2.21. The first-order valence-electron chi connectivity index (χ1n) is 6.26. The summed E-state index contributed by atoms with van der Waals surface area (Å²) in [6, 6.07) is 7.00. The van der Waals surface area contributed by atoms with Gasteiger partial charge in [-0.05, 0) is 33.6 Å². The molecule has 1 aromatic carbocycles. The lowest BCUT2D eigenvalue weighted by Crippen LogP contribution is -2.23. The van der Waals surface area contributed by atoms with Crippen LogP contribution in [0.2, 0.25) is 0 Å². The second-order valence-corrected chi connectivity index (χ2v) is 5.59. The molecule has 0 saturated heterocycles. The van der Waals surface area contributed by atoms with Gasteiger partial charge < -0.3 is 15.0 Å². The summed E-state index contributed by atoms with van der Waals surface area (Å²) in [4.78, 5) is 2.19. The summed E-state index contributed by atoms with van der Waals surface area (Å²) < 4.78 is 6.22. The van der Waals surface area contributed by atoms with Crippen LogP contribution in [0.25, 0.3) is 0 Å². The molecular formula is C14H23BrN2O. The van der Waals surface area contributed by atoms with Crippen LogP contribution in [-0.4, -0.2) is 33.4 Å². The average Bonchev–Trinajstić information content (AvgIpc) is 2.33. The molecule has 0 amide bonds. The maximum atomic E-state index is 5.10. The zero-order valence-electron chi connectivity index (χ0n) is 11.7. The van der Waals surface area contributed by atoms with E-state index in [1.807, 2.05) is 0 Å². The molecule has 0 fully saturated rings. The standard InChI is InChI=1S/C14H23BrN2O/c1-11(2)16-10-12-5-6-14(13(15)9-12)17(3)7-8-18-4/h5-6,9,11,16H,7-8,10H2,1-4H3. The van der Waals surface area contributed by atoms with Crippen LogP contribution in [0.5, 0.6) is 0 Å². The first-order valence-corrected chi connectivity index (χ1v) is 7.05. The van der Waals surface area contributed by atoms with E-state index in [1.54, 1.807) is 7.11 Å². The fourth-order valence-electron chi connectivity index (χ4n) is 1.64. The van der Waals surface area contributed by atoms with E-state index >= 15 is 0 Å². The minimum atomic E-state index is 0.507. The van der Waals surface area contributed by atoms with E-state index in [4.69, 9.17) is 4.74 Å². The van der Waals surface area contributed by atoms with E-state index in [-0.39, 0.29) is 0 Å². The lowest BCUT2D eigenvalue weighted by molar-refractivity contribution is 0.206. The van der Waals surface area contributed by atoms with Crippen LogP contribution >= 0.6 is 15.9 Å². The summed E-state index contributed by atoms with van der Waals surface area (Å²) in [6.07, 6.45) is 0. The van der Waals surface area contributed by atoms with Crippen molar-refractivity contribution in [1.29, 1.82) is 0 Å². The molecule has 0 aromatic heterocycles. The highest BCUT2D eigenvalue weighted by molar-refractivity contribution is 9.10. The number of anilines is 1. The molecule has 0 saturated carbocycles. The van der Waals surface area contributed by atoms with Gasteiger partial charge in [-0.1, -0.05) is 19.9 Å². The van der Waals surface area contributed by atoms with E-state index in [9.17, 15) is 0 Å². The van der Waals surface area contributed by atoms with Gasteiger partial charge in [0.1, 0.15) is 0 Å². The highest BCUT2D eigenvalue weighted by Gasteiger charge is 2.06. The Morgan fingerprint density at radius 3 is 2.67 bits per heavy atom. The Morgan fingerprint density at radius 2 is 2.11 bits per heavy atom. The largest absolute Gasteiger partial charge is 0.383 e. The summed E-state index contributed by atoms with van der Waals surface area (Å²) in [5, 5.41) is 3.42. The van der Waals surface area contributed by atoms with Crippen LogP contribution in [0.15, 0.2) is 22.7 Å². The maximum Gasteiger partial charge on any atom is 0.0637 e. The third-order valence-electron chi connectivity index (χ3n) is 2.77. The number of benzene rings is 1. The molecule has 1 rings (SSSR count). The quantitative estimate of drug-likeness (QED) is 0.837. The van der Waals surface area contributed by atoms with Gasteiger partial charge in [0.05, 0.1) is 12.3 Å². The number of hydrogen-bond acceptors (Lipinski definition) is 3. The summed E-state index contributed by atoms with van der Waals surface area (Å²) >= 11 is 3.64. The normalized spacial score (nSPS) is 11.0. The molecule has 0 bridgehead atoms. The van der Waals surface area contributed by atoms with Crippen molar-refractivity contribution >= 4 is 21.6 Å². The number of methoxy groups -OCH3 is 1. The number of halogens is 1. The molecule has 0 atom stereocenters. The van der Waals surface area contributed by atoms with Crippen molar-refractivity contribution in [3.05, 3.63) is 28.2 Å². The highest BCUT2D eigenvalue weighted by Crippen LogP contribution is 2.26. The van der Waals surface area contributed by atoms with E-state index < -0.39 is 0 Å². The molecule has 1 N–H and O–H groups in total. The van der Waals surface area contributed by atoms with E-state index in [1.165, 1.54) is 11.3 Å². The summed E-state index contributed by atoms with van der Waals surface area (Å²) in [6.45, 7) is 6.83. The number of ether oxygens (including phenoxy) is 1. The number of likely N-dealkylation sites (N-methyl/N-ethyl adjacent to an activating group) is 1. The smallest absolute Gasteiger partial charge is 0.0637 e. The Hall–Kier alpha value is -0.580. The molecule has 102 valence electrons. The zero-order valence-corrected chi connectivity index (χ0v) is 13.3. The first-order chi connectivity index (χ1) is 8.54. The van der Waals surface area contributed by atoms with Crippen LogP contribution in [-0.2, 0) is 11.3 Å². The van der Waals surface area contributed by atoms with E-state index in [0.29, 0.717) is 6.04 Å². The third kappa shape index (κ3) is 4.96. The summed E-state index contributed by atoms with van der Waals surface area (Å²) in [5.74, 6) is 0. The molecule has 4 heteroatoms. The highest BCUT2D eigenvalue weighted by atomic mass is 79.9. The van der Waals surface area contributed by atoms with Crippen molar-refractivity contribution < 1.29 is 4.74 Å². The average molecular weight is 315 g/mol. The van der Waals surface area contributed by atoms with Gasteiger partial charge >= 0.3 is 0 Å². The number of hydrogen-bond donors (Lipinski definition) is 1. The SMILES string of the molecule is COCCN(C)c1ccc(CNC(C)C)cc1Br. The minimum absolute atomic E-state index is 0.507. The molecule has 0 aliphatic rings. The van der Waals surface area contributed by atoms with Crippen molar-refractivity contribution in [2.24, 2.45) is 0 Å². The molecule has 0 aliphatic carbocycles. The van der Waals surface area contributed by atoms with Crippen molar-refractivity contribution in [1.82, 2.24) is 5.32 Å². The molecule has 18 heavy (non-hydrogen) atoms. The Labute approximate surface area is 119 Å². The molecule has 0 heterocycles. The van der Waals surface area contributed by atoms with Gasteiger partial charge in [-0.15, -0.1) is 0 Å². The Balaban J connectivity index is 2.66. The summed E-state index contributed by atoms with van der Waals surface area (Å²) in [7, 11) is 3.80. The summed E-state index contributed by atoms with van der Waals surface area (Å²) in [5.41, 5.74) is 2.49. The van der Waals surface area contributed by atoms with Crippen LogP contribution in [0.4, 0.5) is 5.69 Å². The first kappa shape index (κ1) is 15.5. The predicted octanol–water partition coefficient (Wildman–Crippen LogP) is 3.03. The second kappa shape index (κ2) is 7.77. The van der Waals surface area contributed by atoms with E-state index in [0.717, 1.165) is 24.2 Å². The number of rotatable bonds is 7. The van der Waals surface area contributed by atoms with Crippen LogP contribution in [0, 0.1) is 0 Å². The van der Waals surface area contributed by atoms with Gasteiger partial charge in [0.25, 0.3) is 0 Å².